The van der Waals surface area contributed by atoms with Gasteiger partial charge in [0.2, 0.25) is 5.91 Å². The van der Waals surface area contributed by atoms with Gasteiger partial charge < -0.3 is 9.73 Å². The van der Waals surface area contributed by atoms with Gasteiger partial charge in [-0.1, -0.05) is 6.92 Å². The number of carbonyl (C=O) groups excluding carboxylic acids is 1. The van der Waals surface area contributed by atoms with E-state index in [2.05, 4.69) is 10.4 Å². The third kappa shape index (κ3) is 2.18. The van der Waals surface area contributed by atoms with Crippen LogP contribution in [0.15, 0.2) is 33.9 Å². The van der Waals surface area contributed by atoms with Gasteiger partial charge in [0.25, 0.3) is 5.56 Å². The van der Waals surface area contributed by atoms with E-state index in [0.717, 1.165) is 5.52 Å². The summed E-state index contributed by atoms with van der Waals surface area (Å²) in [6.45, 7) is 5.61. The average Bonchev–Trinajstić information content (AvgIpc) is 3.02. The lowest BCUT2D eigenvalue weighted by molar-refractivity contribution is -0.125. The molecule has 3 aromatic heterocycles. The zero-order valence-corrected chi connectivity index (χ0v) is 12.7. The highest BCUT2D eigenvalue weighted by atomic mass is 16.3. The quantitative estimate of drug-likeness (QED) is 0.795. The van der Waals surface area contributed by atoms with Crippen molar-refractivity contribution in [2.24, 2.45) is 0 Å². The molecular formula is C15H18N4O3. The topological polar surface area (TPSA) is 81.5 Å². The molecule has 3 rings (SSSR count). The first kappa shape index (κ1) is 14.4. The van der Waals surface area contributed by atoms with Gasteiger partial charge >= 0.3 is 0 Å². The van der Waals surface area contributed by atoms with Gasteiger partial charge in [-0.25, -0.2) is 4.68 Å². The van der Waals surface area contributed by atoms with E-state index < -0.39 is 6.04 Å². The molecule has 0 spiro atoms. The van der Waals surface area contributed by atoms with Crippen molar-refractivity contribution in [3.05, 3.63) is 35.1 Å². The molecule has 0 aliphatic heterocycles. The first-order chi connectivity index (χ1) is 10.5. The second-order valence-corrected chi connectivity index (χ2v) is 5.54. The second-order valence-electron chi connectivity index (χ2n) is 5.54. The van der Waals surface area contributed by atoms with Crippen molar-refractivity contribution in [3.63, 3.8) is 0 Å². The van der Waals surface area contributed by atoms with Crippen LogP contribution in [0.5, 0.6) is 0 Å². The predicted octanol–water partition coefficient (Wildman–Crippen LogP) is 1.72. The lowest BCUT2D eigenvalue weighted by Gasteiger charge is -2.18. The van der Waals surface area contributed by atoms with Crippen LogP contribution in [0.3, 0.4) is 0 Å². The summed E-state index contributed by atoms with van der Waals surface area (Å²) < 4.78 is 8.22. The molecule has 0 saturated heterocycles. The molecule has 1 amide bonds. The number of furan rings is 1. The third-order valence-electron chi connectivity index (χ3n) is 3.59. The average molecular weight is 302 g/mol. The van der Waals surface area contributed by atoms with E-state index in [9.17, 15) is 9.59 Å². The largest absolute Gasteiger partial charge is 0.463 e. The van der Waals surface area contributed by atoms with Gasteiger partial charge in [-0.15, -0.1) is 0 Å². The zero-order valence-electron chi connectivity index (χ0n) is 12.7. The van der Waals surface area contributed by atoms with Crippen molar-refractivity contribution < 1.29 is 9.21 Å². The number of rotatable bonds is 4. The number of hydrogen-bond donors (Lipinski definition) is 1. The van der Waals surface area contributed by atoms with Gasteiger partial charge in [0.15, 0.2) is 5.58 Å². The molecule has 7 heteroatoms. The van der Waals surface area contributed by atoms with Crippen LogP contribution in [0.4, 0.5) is 0 Å². The van der Waals surface area contributed by atoms with Crippen LogP contribution >= 0.6 is 0 Å². The standard InChI is InChI=1S/C15H18N4O3/c1-4-10(14(20)17-9(2)3)19-15(21)12-7-13-11(5-6-22-13)18(12)8-16-19/h5-10H,4H2,1-3H3,(H,17,20). The minimum atomic E-state index is -0.624. The van der Waals surface area contributed by atoms with E-state index in [0.29, 0.717) is 17.5 Å². The molecule has 1 unspecified atom stereocenters. The van der Waals surface area contributed by atoms with Crippen molar-refractivity contribution in [3.8, 4) is 0 Å². The number of hydrogen-bond acceptors (Lipinski definition) is 4. The summed E-state index contributed by atoms with van der Waals surface area (Å²) >= 11 is 0. The van der Waals surface area contributed by atoms with E-state index in [-0.39, 0.29) is 17.5 Å². The predicted molar refractivity (Wildman–Crippen MR) is 81.8 cm³/mol. The Kier molecular flexibility index (Phi) is 3.48. The molecule has 0 saturated carbocycles. The number of carbonyl (C=O) groups is 1. The van der Waals surface area contributed by atoms with Gasteiger partial charge in [0.1, 0.15) is 17.9 Å². The van der Waals surface area contributed by atoms with Crippen LogP contribution in [0, 0.1) is 0 Å². The van der Waals surface area contributed by atoms with Crippen molar-refractivity contribution in [2.45, 2.75) is 39.3 Å². The maximum atomic E-state index is 12.6. The molecule has 1 atom stereocenters. The van der Waals surface area contributed by atoms with Crippen LogP contribution in [-0.4, -0.2) is 26.1 Å². The lowest BCUT2D eigenvalue weighted by Crippen LogP contribution is -2.41. The Hall–Kier alpha value is -2.57. The summed E-state index contributed by atoms with van der Waals surface area (Å²) in [5.41, 5.74) is 1.54. The van der Waals surface area contributed by atoms with Crippen molar-refractivity contribution in [2.75, 3.05) is 0 Å². The van der Waals surface area contributed by atoms with Gasteiger partial charge in [-0.3, -0.25) is 14.0 Å². The van der Waals surface area contributed by atoms with Crippen LogP contribution < -0.4 is 10.9 Å². The molecule has 7 nitrogen and oxygen atoms in total. The van der Waals surface area contributed by atoms with E-state index in [1.54, 1.807) is 29.1 Å². The second kappa shape index (κ2) is 5.32. The molecule has 0 aliphatic carbocycles. The Balaban J connectivity index is 2.11. The van der Waals surface area contributed by atoms with Crippen LogP contribution in [0.25, 0.3) is 16.6 Å². The zero-order chi connectivity index (χ0) is 15.9. The summed E-state index contributed by atoms with van der Waals surface area (Å²) in [5.74, 6) is -0.202. The van der Waals surface area contributed by atoms with Crippen LogP contribution in [0.1, 0.15) is 33.2 Å². The monoisotopic (exact) mass is 302 g/mol. The maximum Gasteiger partial charge on any atom is 0.291 e. The van der Waals surface area contributed by atoms with Crippen LogP contribution in [-0.2, 0) is 4.79 Å². The normalized spacial score (nSPS) is 13.1. The highest BCUT2D eigenvalue weighted by molar-refractivity contribution is 5.83. The minimum absolute atomic E-state index is 0.0108. The van der Waals surface area contributed by atoms with E-state index in [1.807, 2.05) is 20.8 Å². The number of fused-ring (bicyclic) bond motifs is 3. The van der Waals surface area contributed by atoms with E-state index >= 15 is 0 Å². The lowest BCUT2D eigenvalue weighted by atomic mass is 10.2. The summed E-state index contributed by atoms with van der Waals surface area (Å²) in [4.78, 5) is 24.9. The molecule has 22 heavy (non-hydrogen) atoms. The summed E-state index contributed by atoms with van der Waals surface area (Å²) in [6.07, 6.45) is 3.59. The van der Waals surface area contributed by atoms with Crippen molar-refractivity contribution in [1.29, 1.82) is 0 Å². The fourth-order valence-electron chi connectivity index (χ4n) is 2.58. The van der Waals surface area contributed by atoms with Crippen molar-refractivity contribution >= 4 is 22.5 Å². The smallest absolute Gasteiger partial charge is 0.291 e. The first-order valence-electron chi connectivity index (χ1n) is 7.29. The number of nitrogens with zero attached hydrogens (tertiary/aromatic N) is 3. The van der Waals surface area contributed by atoms with E-state index in [1.165, 1.54) is 4.68 Å². The molecule has 1 N–H and O–H groups in total. The molecule has 0 aromatic carbocycles. The Morgan fingerprint density at radius 3 is 2.86 bits per heavy atom. The molecular weight excluding hydrogens is 284 g/mol. The first-order valence-corrected chi connectivity index (χ1v) is 7.29. The number of aromatic nitrogens is 3. The third-order valence-corrected chi connectivity index (χ3v) is 3.59. The summed E-state index contributed by atoms with van der Waals surface area (Å²) in [6, 6.07) is 2.83. The fourth-order valence-corrected chi connectivity index (χ4v) is 2.58. The Morgan fingerprint density at radius 1 is 1.41 bits per heavy atom. The molecule has 0 aliphatic rings. The van der Waals surface area contributed by atoms with Crippen LogP contribution in [0.2, 0.25) is 0 Å². The SMILES string of the molecule is CCC(C(=O)NC(C)C)n1ncn2c(cc3occc32)c1=O. The highest BCUT2D eigenvalue weighted by Crippen LogP contribution is 2.19. The summed E-state index contributed by atoms with van der Waals surface area (Å²) in [7, 11) is 0. The molecule has 0 bridgehead atoms. The van der Waals surface area contributed by atoms with Crippen molar-refractivity contribution in [1.82, 2.24) is 19.5 Å². The Morgan fingerprint density at radius 2 is 2.18 bits per heavy atom. The van der Waals surface area contributed by atoms with Gasteiger partial charge in [-0.2, -0.15) is 5.10 Å². The molecule has 116 valence electrons. The molecule has 0 radical (unpaired) electrons. The molecule has 3 aromatic rings. The minimum Gasteiger partial charge on any atom is -0.463 e. The number of nitrogens with one attached hydrogen (secondary N) is 1. The Bertz CT molecular complexity index is 887. The Labute approximate surface area is 126 Å². The van der Waals surface area contributed by atoms with Gasteiger partial charge in [0.05, 0.1) is 11.8 Å². The summed E-state index contributed by atoms with van der Waals surface area (Å²) in [5, 5.41) is 7.00. The molecule has 3 heterocycles. The van der Waals surface area contributed by atoms with Gasteiger partial charge in [0, 0.05) is 18.2 Å². The fraction of sp³-hybridized carbons (Fsp3) is 0.400. The van der Waals surface area contributed by atoms with Gasteiger partial charge in [-0.05, 0) is 20.3 Å². The number of amides is 1. The maximum absolute atomic E-state index is 12.6. The van der Waals surface area contributed by atoms with E-state index in [4.69, 9.17) is 4.42 Å². The highest BCUT2D eigenvalue weighted by Gasteiger charge is 2.23. The molecule has 0 fully saturated rings.